The van der Waals surface area contributed by atoms with Crippen LogP contribution in [0.3, 0.4) is 0 Å². The van der Waals surface area contributed by atoms with Gasteiger partial charge in [-0.25, -0.2) is 8.42 Å². The van der Waals surface area contributed by atoms with Crippen LogP contribution >= 0.6 is 0 Å². The molecule has 0 bridgehead atoms. The van der Waals surface area contributed by atoms with Crippen molar-refractivity contribution in [2.75, 3.05) is 45.8 Å². The Hall–Kier alpha value is -1.65. The van der Waals surface area contributed by atoms with Gasteiger partial charge in [-0.1, -0.05) is 5.16 Å². The van der Waals surface area contributed by atoms with Crippen LogP contribution in [-0.4, -0.2) is 80.1 Å². The van der Waals surface area contributed by atoms with Gasteiger partial charge in [0.25, 0.3) is 0 Å². The van der Waals surface area contributed by atoms with Gasteiger partial charge in [-0.2, -0.15) is 4.31 Å². The summed E-state index contributed by atoms with van der Waals surface area (Å²) in [4.78, 5) is 6.78. The Labute approximate surface area is 162 Å². The predicted octanol–water partition coefficient (Wildman–Crippen LogP) is 0.476. The number of rotatable bonds is 7. The first kappa shape index (κ1) is 21.6. The summed E-state index contributed by atoms with van der Waals surface area (Å²) in [6, 6.07) is 1.58. The van der Waals surface area contributed by atoms with E-state index in [0.29, 0.717) is 38.4 Å². The van der Waals surface area contributed by atoms with Gasteiger partial charge in [-0.15, -0.1) is 0 Å². The molecule has 2 N–H and O–H groups in total. The van der Waals surface area contributed by atoms with E-state index in [0.717, 1.165) is 19.0 Å². The third-order valence-electron chi connectivity index (χ3n) is 4.12. The Bertz CT molecular complexity index is 689. The fourth-order valence-corrected chi connectivity index (χ4v) is 4.21. The van der Waals surface area contributed by atoms with Gasteiger partial charge >= 0.3 is 0 Å². The zero-order chi connectivity index (χ0) is 19.9. The highest BCUT2D eigenvalue weighted by Crippen LogP contribution is 2.13. The molecule has 1 aromatic heterocycles. The van der Waals surface area contributed by atoms with E-state index in [9.17, 15) is 8.42 Å². The Balaban J connectivity index is 1.89. The number of nitrogens with one attached hydrogen (secondary N) is 2. The molecule has 0 saturated carbocycles. The van der Waals surface area contributed by atoms with Crippen LogP contribution < -0.4 is 10.6 Å². The standard InChI is InChI=1S/C17H32N6O3S/c1-5-18-16(19-7-8-20-17(2,3)4)22-9-11-23(12-10-22)27(24,25)14-15-6-13-26-21-15/h6,13,20H,5,7-12,14H2,1-4H3,(H,18,19). The van der Waals surface area contributed by atoms with Crippen molar-refractivity contribution >= 4 is 16.0 Å². The van der Waals surface area contributed by atoms with Crippen molar-refractivity contribution in [2.24, 2.45) is 4.99 Å². The van der Waals surface area contributed by atoms with Crippen LogP contribution in [0, 0.1) is 0 Å². The zero-order valence-electron chi connectivity index (χ0n) is 16.7. The van der Waals surface area contributed by atoms with Crippen molar-refractivity contribution in [3.05, 3.63) is 18.0 Å². The van der Waals surface area contributed by atoms with E-state index < -0.39 is 10.0 Å². The minimum Gasteiger partial charge on any atom is -0.364 e. The maximum atomic E-state index is 12.5. The van der Waals surface area contributed by atoms with E-state index in [1.165, 1.54) is 10.6 Å². The predicted molar refractivity (Wildman–Crippen MR) is 106 cm³/mol. The average molecular weight is 401 g/mol. The number of guanidine groups is 1. The molecule has 0 amide bonds. The highest BCUT2D eigenvalue weighted by molar-refractivity contribution is 7.88. The Morgan fingerprint density at radius 3 is 2.56 bits per heavy atom. The average Bonchev–Trinajstić information content (AvgIpc) is 3.09. The lowest BCUT2D eigenvalue weighted by molar-refractivity contribution is 0.259. The highest BCUT2D eigenvalue weighted by atomic mass is 32.2. The van der Waals surface area contributed by atoms with Crippen molar-refractivity contribution in [3.63, 3.8) is 0 Å². The zero-order valence-corrected chi connectivity index (χ0v) is 17.5. The second-order valence-corrected chi connectivity index (χ2v) is 9.51. The molecule has 1 saturated heterocycles. The van der Waals surface area contributed by atoms with Crippen molar-refractivity contribution < 1.29 is 12.9 Å². The summed E-state index contributed by atoms with van der Waals surface area (Å²) in [6.45, 7) is 12.7. The summed E-state index contributed by atoms with van der Waals surface area (Å²) in [6.07, 6.45) is 1.39. The number of aromatic nitrogens is 1. The molecular weight excluding hydrogens is 368 g/mol. The van der Waals surface area contributed by atoms with Gasteiger partial charge in [0.05, 0.1) is 12.2 Å². The second-order valence-electron chi connectivity index (χ2n) is 7.55. The van der Waals surface area contributed by atoms with E-state index in [2.05, 4.69) is 46.5 Å². The van der Waals surface area contributed by atoms with Crippen LogP contribution in [0.15, 0.2) is 21.8 Å². The number of sulfonamides is 1. The van der Waals surface area contributed by atoms with E-state index in [-0.39, 0.29) is 11.3 Å². The number of piperazine rings is 1. The molecule has 10 heteroatoms. The molecule has 1 fully saturated rings. The van der Waals surface area contributed by atoms with Crippen molar-refractivity contribution in [2.45, 2.75) is 39.0 Å². The van der Waals surface area contributed by atoms with Gasteiger partial charge in [0.15, 0.2) is 5.96 Å². The van der Waals surface area contributed by atoms with E-state index >= 15 is 0 Å². The number of hydrogen-bond donors (Lipinski definition) is 2. The molecule has 1 aliphatic rings. The van der Waals surface area contributed by atoms with Crippen LogP contribution in [0.25, 0.3) is 0 Å². The second kappa shape index (κ2) is 9.52. The molecule has 154 valence electrons. The molecule has 0 spiro atoms. The topological polar surface area (TPSA) is 103 Å². The highest BCUT2D eigenvalue weighted by Gasteiger charge is 2.28. The fraction of sp³-hybridized carbons (Fsp3) is 0.765. The largest absolute Gasteiger partial charge is 0.364 e. The maximum Gasteiger partial charge on any atom is 0.220 e. The minimum atomic E-state index is -3.39. The summed E-state index contributed by atoms with van der Waals surface area (Å²) in [7, 11) is -3.39. The van der Waals surface area contributed by atoms with Crippen LogP contribution in [0.1, 0.15) is 33.4 Å². The molecule has 2 heterocycles. The SMILES string of the molecule is CCNC(=NCCNC(C)(C)C)N1CCN(S(=O)(=O)Cc2ccon2)CC1. The van der Waals surface area contributed by atoms with Gasteiger partial charge in [0.2, 0.25) is 10.0 Å². The van der Waals surface area contributed by atoms with E-state index in [4.69, 9.17) is 4.52 Å². The quantitative estimate of drug-likeness (QED) is 0.390. The third-order valence-corrected chi connectivity index (χ3v) is 5.93. The van der Waals surface area contributed by atoms with Crippen LogP contribution in [0.2, 0.25) is 0 Å². The van der Waals surface area contributed by atoms with Crippen molar-refractivity contribution in [1.82, 2.24) is 25.0 Å². The number of nitrogens with zero attached hydrogens (tertiary/aromatic N) is 4. The fourth-order valence-electron chi connectivity index (χ4n) is 2.79. The van der Waals surface area contributed by atoms with E-state index in [1.807, 2.05) is 6.92 Å². The van der Waals surface area contributed by atoms with E-state index in [1.54, 1.807) is 6.07 Å². The minimum absolute atomic E-state index is 0.0672. The van der Waals surface area contributed by atoms with Crippen LogP contribution in [0.5, 0.6) is 0 Å². The molecule has 27 heavy (non-hydrogen) atoms. The normalized spacial score (nSPS) is 17.3. The molecule has 0 aliphatic carbocycles. The summed E-state index contributed by atoms with van der Waals surface area (Å²) in [5, 5.41) is 10.4. The molecule has 0 aromatic carbocycles. The first-order chi connectivity index (χ1) is 12.7. The molecular formula is C17H32N6O3S. The van der Waals surface area contributed by atoms with Gasteiger partial charge in [-0.05, 0) is 27.7 Å². The Morgan fingerprint density at radius 1 is 1.30 bits per heavy atom. The van der Waals surface area contributed by atoms with Crippen molar-refractivity contribution in [3.8, 4) is 0 Å². The lowest BCUT2D eigenvalue weighted by Crippen LogP contribution is -2.54. The molecule has 0 atom stereocenters. The lowest BCUT2D eigenvalue weighted by atomic mass is 10.1. The monoisotopic (exact) mass is 400 g/mol. The molecule has 1 aliphatic heterocycles. The van der Waals surface area contributed by atoms with Gasteiger partial charge < -0.3 is 20.1 Å². The van der Waals surface area contributed by atoms with Gasteiger partial charge in [-0.3, -0.25) is 4.99 Å². The molecule has 0 unspecified atom stereocenters. The molecule has 0 radical (unpaired) electrons. The van der Waals surface area contributed by atoms with Gasteiger partial charge in [0, 0.05) is 50.9 Å². The summed E-state index contributed by atoms with van der Waals surface area (Å²) < 4.78 is 31.3. The smallest absolute Gasteiger partial charge is 0.220 e. The summed E-state index contributed by atoms with van der Waals surface area (Å²) >= 11 is 0. The first-order valence-electron chi connectivity index (χ1n) is 9.36. The summed E-state index contributed by atoms with van der Waals surface area (Å²) in [5.74, 6) is 0.706. The Morgan fingerprint density at radius 2 is 2.00 bits per heavy atom. The number of hydrogen-bond acceptors (Lipinski definition) is 6. The lowest BCUT2D eigenvalue weighted by Gasteiger charge is -2.35. The molecule has 2 rings (SSSR count). The van der Waals surface area contributed by atoms with Gasteiger partial charge in [0.1, 0.15) is 12.0 Å². The summed E-state index contributed by atoms with van der Waals surface area (Å²) in [5.41, 5.74) is 0.496. The van der Waals surface area contributed by atoms with Crippen LogP contribution in [-0.2, 0) is 15.8 Å². The third kappa shape index (κ3) is 7.11. The van der Waals surface area contributed by atoms with Crippen molar-refractivity contribution in [1.29, 1.82) is 0 Å². The molecule has 9 nitrogen and oxygen atoms in total. The molecule has 1 aromatic rings. The van der Waals surface area contributed by atoms with Crippen LogP contribution in [0.4, 0.5) is 0 Å². The number of aliphatic imine (C=N–C) groups is 1. The first-order valence-corrected chi connectivity index (χ1v) is 11.0. The Kier molecular flexibility index (Phi) is 7.63. The maximum absolute atomic E-state index is 12.5.